The van der Waals surface area contributed by atoms with Crippen LogP contribution in [-0.4, -0.2) is 43.3 Å². The first kappa shape index (κ1) is 19.0. The Balaban J connectivity index is 1.50. The van der Waals surface area contributed by atoms with Crippen LogP contribution in [0.1, 0.15) is 26.7 Å². The molecule has 1 saturated heterocycles. The van der Waals surface area contributed by atoms with Crippen LogP contribution in [0, 0.1) is 23.7 Å². The molecule has 150 valence electrons. The summed E-state index contributed by atoms with van der Waals surface area (Å²) in [4.78, 5) is 27.2. The van der Waals surface area contributed by atoms with Gasteiger partial charge in [-0.3, -0.25) is 9.59 Å². The number of rotatable bonds is 4. The molecule has 0 aromatic heterocycles. The van der Waals surface area contributed by atoms with Crippen LogP contribution >= 0.6 is 0 Å². The monoisotopic (exact) mass is 384 g/mol. The average molecular weight is 384 g/mol. The van der Waals surface area contributed by atoms with Gasteiger partial charge in [-0.15, -0.1) is 0 Å². The quantitative estimate of drug-likeness (QED) is 0.780. The lowest BCUT2D eigenvalue weighted by Gasteiger charge is -2.29. The van der Waals surface area contributed by atoms with Gasteiger partial charge in [0.15, 0.2) is 0 Å². The van der Waals surface area contributed by atoms with Crippen LogP contribution in [0.3, 0.4) is 0 Å². The highest BCUT2D eigenvalue weighted by molar-refractivity contribution is 5.96. The van der Waals surface area contributed by atoms with Crippen molar-refractivity contribution in [3.63, 3.8) is 0 Å². The van der Waals surface area contributed by atoms with Crippen LogP contribution in [0.2, 0.25) is 0 Å². The number of carboxylic acids is 1. The van der Waals surface area contributed by atoms with Crippen LogP contribution in [0.15, 0.2) is 35.4 Å². The third kappa shape index (κ3) is 3.30. The fourth-order valence-electron chi connectivity index (χ4n) is 5.41. The molecule has 1 aromatic carbocycles. The first-order valence-corrected chi connectivity index (χ1v) is 10.1. The molecule has 28 heavy (non-hydrogen) atoms. The van der Waals surface area contributed by atoms with Gasteiger partial charge in [-0.2, -0.15) is 0 Å². The molecule has 2 bridgehead atoms. The Labute approximate surface area is 165 Å². The Morgan fingerprint density at radius 2 is 1.64 bits per heavy atom. The van der Waals surface area contributed by atoms with Gasteiger partial charge in [-0.1, -0.05) is 11.1 Å². The highest BCUT2D eigenvalue weighted by Gasteiger charge is 2.57. The lowest BCUT2D eigenvalue weighted by molar-refractivity contribution is -0.148. The van der Waals surface area contributed by atoms with Crippen LogP contribution in [0.4, 0.5) is 11.4 Å². The maximum absolute atomic E-state index is 13.1. The minimum absolute atomic E-state index is 0.00643. The summed E-state index contributed by atoms with van der Waals surface area (Å²) in [5, 5.41) is 12.8. The summed E-state index contributed by atoms with van der Waals surface area (Å²) in [5.41, 5.74) is 4.20. The highest BCUT2D eigenvalue weighted by Crippen LogP contribution is 2.57. The molecule has 0 radical (unpaired) electrons. The van der Waals surface area contributed by atoms with Gasteiger partial charge in [-0.05, 0) is 62.8 Å². The lowest BCUT2D eigenvalue weighted by Crippen LogP contribution is -2.38. The molecule has 0 unspecified atom stereocenters. The third-order valence-corrected chi connectivity index (χ3v) is 6.52. The van der Waals surface area contributed by atoms with Gasteiger partial charge in [0.2, 0.25) is 5.91 Å². The fourth-order valence-corrected chi connectivity index (χ4v) is 5.41. The largest absolute Gasteiger partial charge is 0.481 e. The molecule has 3 aliphatic rings. The summed E-state index contributed by atoms with van der Waals surface area (Å²) in [6, 6.07) is 7.79. The molecule has 4 atom stereocenters. The van der Waals surface area contributed by atoms with E-state index in [0.717, 1.165) is 44.8 Å². The number of nitrogens with zero attached hydrogens (tertiary/aromatic N) is 1. The Bertz CT molecular complexity index is 791. The van der Waals surface area contributed by atoms with Gasteiger partial charge in [0.1, 0.15) is 0 Å². The SMILES string of the molecule is CC(C)=C1[C@H]2CC[C@@H]1[C@H](C(=O)O)[C@@H]2C(=O)Nc1ccc(N2CCOCC2)cc1. The molecule has 6 heteroatoms. The zero-order valence-corrected chi connectivity index (χ0v) is 16.5. The summed E-state index contributed by atoms with van der Waals surface area (Å²) in [6.07, 6.45) is 1.78. The molecule has 4 rings (SSSR count). The van der Waals surface area contributed by atoms with Crippen LogP contribution < -0.4 is 10.2 Å². The van der Waals surface area contributed by atoms with Crippen molar-refractivity contribution in [3.05, 3.63) is 35.4 Å². The van der Waals surface area contributed by atoms with Crippen molar-refractivity contribution in [2.24, 2.45) is 23.7 Å². The number of hydrogen-bond acceptors (Lipinski definition) is 4. The molecule has 2 saturated carbocycles. The first-order chi connectivity index (χ1) is 13.5. The van der Waals surface area contributed by atoms with Gasteiger partial charge < -0.3 is 20.1 Å². The maximum Gasteiger partial charge on any atom is 0.307 e. The molecule has 1 aromatic rings. The Kier molecular flexibility index (Phi) is 5.15. The van der Waals surface area contributed by atoms with E-state index >= 15 is 0 Å². The predicted molar refractivity (Wildman–Crippen MR) is 107 cm³/mol. The number of morpholine rings is 1. The van der Waals surface area contributed by atoms with E-state index in [2.05, 4.69) is 10.2 Å². The zero-order chi connectivity index (χ0) is 19.8. The van der Waals surface area contributed by atoms with Crippen molar-refractivity contribution in [2.75, 3.05) is 36.5 Å². The Hall–Kier alpha value is -2.34. The molecule has 2 aliphatic carbocycles. The van der Waals surface area contributed by atoms with E-state index in [1.165, 1.54) is 11.1 Å². The fraction of sp³-hybridized carbons (Fsp3) is 0.545. The van der Waals surface area contributed by atoms with E-state index in [4.69, 9.17) is 4.74 Å². The van der Waals surface area contributed by atoms with Crippen LogP contribution in [-0.2, 0) is 14.3 Å². The van der Waals surface area contributed by atoms with Gasteiger partial charge in [0.25, 0.3) is 0 Å². The van der Waals surface area contributed by atoms with Gasteiger partial charge in [-0.25, -0.2) is 0 Å². The van der Waals surface area contributed by atoms with E-state index in [9.17, 15) is 14.7 Å². The van der Waals surface area contributed by atoms with Crippen LogP contribution in [0.5, 0.6) is 0 Å². The summed E-state index contributed by atoms with van der Waals surface area (Å²) in [6.45, 7) is 7.25. The molecule has 1 heterocycles. The van der Waals surface area contributed by atoms with Gasteiger partial charge >= 0.3 is 5.97 Å². The molecular formula is C22H28N2O4. The molecule has 6 nitrogen and oxygen atoms in total. The molecule has 2 N–H and O–H groups in total. The van der Waals surface area contributed by atoms with E-state index in [1.807, 2.05) is 38.1 Å². The number of allylic oxidation sites excluding steroid dienone is 2. The van der Waals surface area contributed by atoms with Gasteiger partial charge in [0, 0.05) is 24.5 Å². The normalized spacial score (nSPS) is 29.1. The number of amides is 1. The van der Waals surface area contributed by atoms with E-state index in [-0.39, 0.29) is 17.7 Å². The maximum atomic E-state index is 13.1. The number of carboxylic acid groups (broad SMARTS) is 1. The number of fused-ring (bicyclic) bond motifs is 2. The number of ether oxygens (including phenoxy) is 1. The second kappa shape index (κ2) is 7.59. The van der Waals surface area contributed by atoms with Crippen LogP contribution in [0.25, 0.3) is 0 Å². The summed E-state index contributed by atoms with van der Waals surface area (Å²) in [7, 11) is 0. The van der Waals surface area contributed by atoms with Crippen molar-refractivity contribution in [1.82, 2.24) is 0 Å². The third-order valence-electron chi connectivity index (χ3n) is 6.52. The predicted octanol–water partition coefficient (Wildman–Crippen LogP) is 3.15. The number of carbonyl (C=O) groups is 2. The topological polar surface area (TPSA) is 78.9 Å². The second-order valence-corrected chi connectivity index (χ2v) is 8.27. The lowest BCUT2D eigenvalue weighted by atomic mass is 9.78. The van der Waals surface area contributed by atoms with Crippen molar-refractivity contribution < 1.29 is 19.4 Å². The minimum atomic E-state index is -0.853. The molecule has 3 fully saturated rings. The molecule has 0 spiro atoms. The van der Waals surface area contributed by atoms with Gasteiger partial charge in [0.05, 0.1) is 25.0 Å². The van der Waals surface area contributed by atoms with Crippen molar-refractivity contribution >= 4 is 23.3 Å². The Morgan fingerprint density at radius 1 is 1.04 bits per heavy atom. The summed E-state index contributed by atoms with van der Waals surface area (Å²) < 4.78 is 5.38. The minimum Gasteiger partial charge on any atom is -0.481 e. The number of aliphatic carboxylic acids is 1. The highest BCUT2D eigenvalue weighted by atomic mass is 16.5. The first-order valence-electron chi connectivity index (χ1n) is 10.1. The van der Waals surface area contributed by atoms with Crippen molar-refractivity contribution in [2.45, 2.75) is 26.7 Å². The average Bonchev–Trinajstić information content (AvgIpc) is 3.26. The number of benzene rings is 1. The number of carbonyl (C=O) groups excluding carboxylic acids is 1. The molecule has 1 amide bonds. The smallest absolute Gasteiger partial charge is 0.307 e. The summed E-state index contributed by atoms with van der Waals surface area (Å²) in [5.74, 6) is -2.06. The Morgan fingerprint density at radius 3 is 2.21 bits per heavy atom. The molecule has 1 aliphatic heterocycles. The van der Waals surface area contributed by atoms with E-state index in [1.54, 1.807) is 0 Å². The molecular weight excluding hydrogens is 356 g/mol. The van der Waals surface area contributed by atoms with E-state index in [0.29, 0.717) is 5.69 Å². The summed E-state index contributed by atoms with van der Waals surface area (Å²) >= 11 is 0. The number of anilines is 2. The van der Waals surface area contributed by atoms with Crippen molar-refractivity contribution in [1.29, 1.82) is 0 Å². The number of hydrogen-bond donors (Lipinski definition) is 2. The van der Waals surface area contributed by atoms with Crippen molar-refractivity contribution in [3.8, 4) is 0 Å². The number of nitrogens with one attached hydrogen (secondary N) is 1. The zero-order valence-electron chi connectivity index (χ0n) is 16.5. The second-order valence-electron chi connectivity index (χ2n) is 8.27. The van der Waals surface area contributed by atoms with E-state index < -0.39 is 17.8 Å². The standard InChI is InChI=1S/C22H28N2O4/c1-13(2)18-16-7-8-17(18)20(22(26)27)19(16)21(25)23-14-3-5-15(6-4-14)24-9-11-28-12-10-24/h3-6,16-17,19-20H,7-12H2,1-2H3,(H,23,25)(H,26,27)/t16-,17+,19-,20+/m1/s1.